The average Bonchev–Trinajstić information content (AvgIpc) is 3.27. The maximum absolute atomic E-state index is 5.20. The molecule has 0 fully saturated rings. The molecule has 2 N–H and O–H groups in total. The molecule has 0 aliphatic carbocycles. The molecule has 3 aromatic carbocycles. The first-order valence-corrected chi connectivity index (χ1v) is 10.7. The van der Waals surface area contributed by atoms with Crippen molar-refractivity contribution < 1.29 is 4.74 Å². The number of hydrogen-bond acceptors (Lipinski definition) is 6. The van der Waals surface area contributed by atoms with Crippen LogP contribution >= 0.6 is 11.3 Å². The molecule has 31 heavy (non-hydrogen) atoms. The minimum atomic E-state index is 0.813. The minimum absolute atomic E-state index is 0.813. The zero-order valence-corrected chi connectivity index (χ0v) is 17.7. The monoisotopic (exact) mass is 424 g/mol. The highest BCUT2D eigenvalue weighted by Crippen LogP contribution is 2.36. The molecule has 0 amide bonds. The van der Waals surface area contributed by atoms with Crippen molar-refractivity contribution in [1.82, 2.24) is 9.97 Å². The summed E-state index contributed by atoms with van der Waals surface area (Å²) >= 11 is 1.69. The molecular formula is C25H20N4OS. The molecule has 5 aromatic rings. The van der Waals surface area contributed by atoms with Gasteiger partial charge in [-0.25, -0.2) is 9.97 Å². The largest absolute Gasteiger partial charge is 0.497 e. The molecule has 0 aliphatic heterocycles. The van der Waals surface area contributed by atoms with Crippen LogP contribution in [0.1, 0.15) is 0 Å². The fraction of sp³-hybridized carbons (Fsp3) is 0.0400. The van der Waals surface area contributed by atoms with E-state index in [9.17, 15) is 0 Å². The van der Waals surface area contributed by atoms with Crippen LogP contribution in [-0.2, 0) is 0 Å². The lowest BCUT2D eigenvalue weighted by Gasteiger charge is -2.10. The van der Waals surface area contributed by atoms with E-state index in [0.29, 0.717) is 0 Å². The molecule has 0 atom stereocenters. The van der Waals surface area contributed by atoms with E-state index in [0.717, 1.165) is 38.8 Å². The van der Waals surface area contributed by atoms with Gasteiger partial charge in [-0.05, 0) is 60.2 Å². The fourth-order valence-corrected chi connectivity index (χ4v) is 4.36. The van der Waals surface area contributed by atoms with E-state index < -0.39 is 0 Å². The maximum Gasteiger partial charge on any atom is 0.151 e. The molecule has 0 bridgehead atoms. The first kappa shape index (κ1) is 19.1. The van der Waals surface area contributed by atoms with Gasteiger partial charge in [0.15, 0.2) is 5.82 Å². The van der Waals surface area contributed by atoms with Gasteiger partial charge in [0.2, 0.25) is 0 Å². The highest BCUT2D eigenvalue weighted by Gasteiger charge is 2.10. The summed E-state index contributed by atoms with van der Waals surface area (Å²) in [7, 11) is 1.66. The number of anilines is 4. The SMILES string of the molecule is COc1ccc(Nc2ccc(Nc3ncnc4cc(-c5ccccc5)sc34)cc2)cc1. The van der Waals surface area contributed by atoms with Crippen molar-refractivity contribution >= 4 is 44.4 Å². The van der Waals surface area contributed by atoms with Gasteiger partial charge in [-0.15, -0.1) is 11.3 Å². The highest BCUT2D eigenvalue weighted by atomic mass is 32.1. The van der Waals surface area contributed by atoms with E-state index in [1.165, 1.54) is 10.4 Å². The van der Waals surface area contributed by atoms with Gasteiger partial charge in [-0.3, -0.25) is 0 Å². The molecule has 2 heterocycles. The van der Waals surface area contributed by atoms with Gasteiger partial charge in [0.05, 0.1) is 17.3 Å². The first-order chi connectivity index (χ1) is 15.3. The number of ether oxygens (including phenoxy) is 1. The normalized spacial score (nSPS) is 10.7. The van der Waals surface area contributed by atoms with E-state index >= 15 is 0 Å². The van der Waals surface area contributed by atoms with Gasteiger partial charge in [-0.2, -0.15) is 0 Å². The Morgan fingerprint density at radius 2 is 1.39 bits per heavy atom. The quantitative estimate of drug-likeness (QED) is 0.312. The summed E-state index contributed by atoms with van der Waals surface area (Å²) in [4.78, 5) is 10.1. The number of thiophene rings is 1. The topological polar surface area (TPSA) is 59.1 Å². The third-order valence-electron chi connectivity index (χ3n) is 4.90. The van der Waals surface area contributed by atoms with Crippen LogP contribution in [0.3, 0.4) is 0 Å². The Balaban J connectivity index is 1.35. The van der Waals surface area contributed by atoms with Crippen molar-refractivity contribution in [3.63, 3.8) is 0 Å². The van der Waals surface area contributed by atoms with Crippen LogP contribution in [0.2, 0.25) is 0 Å². The summed E-state index contributed by atoms with van der Waals surface area (Å²) in [5.74, 6) is 1.65. The minimum Gasteiger partial charge on any atom is -0.497 e. The lowest BCUT2D eigenvalue weighted by molar-refractivity contribution is 0.415. The second-order valence-corrected chi connectivity index (χ2v) is 8.02. The van der Waals surface area contributed by atoms with E-state index in [1.807, 2.05) is 66.7 Å². The zero-order chi connectivity index (χ0) is 21.0. The van der Waals surface area contributed by atoms with E-state index in [-0.39, 0.29) is 0 Å². The van der Waals surface area contributed by atoms with Crippen LogP contribution in [0.5, 0.6) is 5.75 Å². The van der Waals surface area contributed by atoms with Crippen LogP contribution in [0.4, 0.5) is 22.9 Å². The first-order valence-electron chi connectivity index (χ1n) is 9.87. The Bertz CT molecular complexity index is 1300. The highest BCUT2D eigenvalue weighted by molar-refractivity contribution is 7.22. The fourth-order valence-electron chi connectivity index (χ4n) is 3.30. The Kier molecular flexibility index (Phi) is 5.21. The number of hydrogen-bond donors (Lipinski definition) is 2. The summed E-state index contributed by atoms with van der Waals surface area (Å²) in [6.45, 7) is 0. The number of nitrogens with zero attached hydrogens (tertiary/aromatic N) is 2. The van der Waals surface area contributed by atoms with Gasteiger partial charge in [0.1, 0.15) is 12.1 Å². The van der Waals surface area contributed by atoms with Gasteiger partial charge in [-0.1, -0.05) is 30.3 Å². The van der Waals surface area contributed by atoms with Gasteiger partial charge < -0.3 is 15.4 Å². The Labute approximate surface area is 184 Å². The molecule has 5 nitrogen and oxygen atoms in total. The third-order valence-corrected chi connectivity index (χ3v) is 6.08. The van der Waals surface area contributed by atoms with Crippen LogP contribution in [0.25, 0.3) is 20.7 Å². The van der Waals surface area contributed by atoms with E-state index in [2.05, 4.69) is 38.8 Å². The Morgan fingerprint density at radius 1 is 0.742 bits per heavy atom. The van der Waals surface area contributed by atoms with Crippen LogP contribution in [0, 0.1) is 0 Å². The molecule has 0 aliphatic rings. The third kappa shape index (κ3) is 4.20. The van der Waals surface area contributed by atoms with E-state index in [4.69, 9.17) is 4.74 Å². The molecule has 6 heteroatoms. The standard InChI is InChI=1S/C25H20N4OS/c1-30-21-13-11-19(12-14-21)28-18-7-9-20(10-8-18)29-25-24-22(26-16-27-25)15-23(31-24)17-5-3-2-4-6-17/h2-16,28H,1H3,(H,26,27,29). The van der Waals surface area contributed by atoms with Crippen molar-refractivity contribution in [2.45, 2.75) is 0 Å². The molecule has 0 radical (unpaired) electrons. The van der Waals surface area contributed by atoms with Crippen molar-refractivity contribution in [2.24, 2.45) is 0 Å². The smallest absolute Gasteiger partial charge is 0.151 e. The number of rotatable bonds is 6. The lowest BCUT2D eigenvalue weighted by Crippen LogP contribution is -1.95. The Morgan fingerprint density at radius 3 is 2.06 bits per heavy atom. The lowest BCUT2D eigenvalue weighted by atomic mass is 10.2. The molecule has 152 valence electrons. The molecular weight excluding hydrogens is 404 g/mol. The van der Waals surface area contributed by atoms with Gasteiger partial charge in [0.25, 0.3) is 0 Å². The summed E-state index contributed by atoms with van der Waals surface area (Å²) in [6.07, 6.45) is 1.60. The molecule has 0 saturated carbocycles. The van der Waals surface area contributed by atoms with Crippen molar-refractivity contribution in [1.29, 1.82) is 0 Å². The predicted octanol–water partition coefficient (Wildman–Crippen LogP) is 6.85. The summed E-state index contributed by atoms with van der Waals surface area (Å²) < 4.78 is 6.25. The number of nitrogens with one attached hydrogen (secondary N) is 2. The number of fused-ring (bicyclic) bond motifs is 1. The maximum atomic E-state index is 5.20. The summed E-state index contributed by atoms with van der Waals surface area (Å²) in [6, 6.07) is 28.4. The number of aromatic nitrogens is 2. The molecule has 0 saturated heterocycles. The molecule has 5 rings (SSSR count). The van der Waals surface area contributed by atoms with Crippen molar-refractivity contribution in [3.8, 4) is 16.2 Å². The van der Waals surface area contributed by atoms with Crippen LogP contribution in [-0.4, -0.2) is 17.1 Å². The second-order valence-electron chi connectivity index (χ2n) is 6.97. The van der Waals surface area contributed by atoms with Crippen molar-refractivity contribution in [3.05, 3.63) is 91.3 Å². The van der Waals surface area contributed by atoms with Crippen LogP contribution in [0.15, 0.2) is 91.3 Å². The summed E-state index contributed by atoms with van der Waals surface area (Å²) in [5, 5.41) is 6.82. The molecule has 0 unspecified atom stereocenters. The summed E-state index contributed by atoms with van der Waals surface area (Å²) in [5.41, 5.74) is 5.11. The van der Waals surface area contributed by atoms with Crippen LogP contribution < -0.4 is 15.4 Å². The van der Waals surface area contributed by atoms with E-state index in [1.54, 1.807) is 24.8 Å². The molecule has 0 spiro atoms. The van der Waals surface area contributed by atoms with Gasteiger partial charge in [0, 0.05) is 21.9 Å². The Hall–Kier alpha value is -3.90. The molecule has 2 aromatic heterocycles. The predicted molar refractivity (Wildman–Crippen MR) is 129 cm³/mol. The second kappa shape index (κ2) is 8.45. The zero-order valence-electron chi connectivity index (χ0n) is 16.9. The van der Waals surface area contributed by atoms with Gasteiger partial charge >= 0.3 is 0 Å². The van der Waals surface area contributed by atoms with Crippen molar-refractivity contribution in [2.75, 3.05) is 17.7 Å². The number of benzene rings is 3. The average molecular weight is 425 g/mol. The number of methoxy groups -OCH3 is 1.